The predicted octanol–water partition coefficient (Wildman–Crippen LogP) is 1.98. The van der Waals surface area contributed by atoms with Crippen LogP contribution in [0.15, 0.2) is 24.3 Å². The van der Waals surface area contributed by atoms with Crippen LogP contribution >= 0.6 is 12.2 Å². The Balaban J connectivity index is 0.00000121. The first-order valence-electron chi connectivity index (χ1n) is 5.91. The molecule has 0 heterocycles. The summed E-state index contributed by atoms with van der Waals surface area (Å²) in [5.41, 5.74) is 2.47. The number of nitrogens with one attached hydrogen (secondary N) is 2. The predicted molar refractivity (Wildman–Crippen MR) is 77.1 cm³/mol. The fourth-order valence-electron chi connectivity index (χ4n) is 1.22. The van der Waals surface area contributed by atoms with E-state index in [2.05, 4.69) is 29.7 Å². The fourth-order valence-corrected chi connectivity index (χ4v) is 1.39. The lowest BCUT2D eigenvalue weighted by Crippen LogP contribution is -2.36. The summed E-state index contributed by atoms with van der Waals surface area (Å²) in [7, 11) is 0. The molecule has 0 amide bonds. The van der Waals surface area contributed by atoms with Crippen molar-refractivity contribution in [3.63, 3.8) is 0 Å². The fraction of sp³-hybridized carbons (Fsp3) is 0.462. The zero-order valence-corrected chi connectivity index (χ0v) is 11.6. The van der Waals surface area contributed by atoms with Crippen LogP contribution in [0, 0.1) is 6.92 Å². The number of thiocarbonyl (C=S) groups is 1. The lowest BCUT2D eigenvalue weighted by Gasteiger charge is -2.10. The largest absolute Gasteiger partial charge is 0.395 e. The van der Waals surface area contributed by atoms with E-state index in [0.717, 1.165) is 0 Å². The number of aliphatic hydroxyl groups excluding tert-OH is 1. The molecule has 0 fully saturated rings. The highest BCUT2D eigenvalue weighted by Crippen LogP contribution is 2.05. The van der Waals surface area contributed by atoms with Gasteiger partial charge in [0.05, 0.1) is 6.61 Å². The normalized spacial score (nSPS) is 8.94. The lowest BCUT2D eigenvalue weighted by molar-refractivity contribution is 0.300. The average molecular weight is 254 g/mol. The van der Waals surface area contributed by atoms with Crippen molar-refractivity contribution in [2.75, 3.05) is 13.2 Å². The Morgan fingerprint density at radius 1 is 1.24 bits per heavy atom. The van der Waals surface area contributed by atoms with Gasteiger partial charge in [0.1, 0.15) is 0 Å². The smallest absolute Gasteiger partial charge is 0.166 e. The van der Waals surface area contributed by atoms with Crippen molar-refractivity contribution in [2.24, 2.45) is 0 Å². The van der Waals surface area contributed by atoms with Crippen molar-refractivity contribution >= 4 is 17.3 Å². The van der Waals surface area contributed by atoms with Crippen LogP contribution in [0.3, 0.4) is 0 Å². The molecule has 0 saturated carbocycles. The van der Waals surface area contributed by atoms with Crippen molar-refractivity contribution in [1.29, 1.82) is 0 Å². The maximum absolute atomic E-state index is 8.59. The van der Waals surface area contributed by atoms with Gasteiger partial charge in [0.2, 0.25) is 0 Å². The minimum atomic E-state index is 0.0895. The molecule has 3 nitrogen and oxygen atoms in total. The van der Waals surface area contributed by atoms with Crippen molar-refractivity contribution in [3.05, 3.63) is 35.4 Å². The van der Waals surface area contributed by atoms with Crippen LogP contribution in [0.2, 0.25) is 0 Å². The van der Waals surface area contributed by atoms with Crippen molar-refractivity contribution in [3.8, 4) is 0 Å². The molecular formula is C13H22N2OS. The molecule has 0 aliphatic carbocycles. The molecule has 0 radical (unpaired) electrons. The van der Waals surface area contributed by atoms with Crippen molar-refractivity contribution in [1.82, 2.24) is 10.6 Å². The second-order valence-electron chi connectivity index (χ2n) is 3.26. The molecule has 0 atom stereocenters. The highest BCUT2D eigenvalue weighted by molar-refractivity contribution is 7.80. The topological polar surface area (TPSA) is 44.3 Å². The summed E-state index contributed by atoms with van der Waals surface area (Å²) in [6.07, 6.45) is 0. The van der Waals surface area contributed by atoms with Crippen LogP contribution in [0.4, 0.5) is 0 Å². The number of rotatable bonds is 4. The van der Waals surface area contributed by atoms with Crippen LogP contribution in [0.25, 0.3) is 0 Å². The number of aliphatic hydroxyl groups is 1. The molecule has 17 heavy (non-hydrogen) atoms. The standard InChI is InChI=1S/C11H16N2OS.C2H6/c1-9-4-2-3-5-10(9)8-13-11(15)12-6-7-14;1-2/h2-5,14H,6-8H2,1H3,(H2,12,13,15);1-2H3. The third-order valence-electron chi connectivity index (χ3n) is 2.10. The van der Waals surface area contributed by atoms with Crippen LogP contribution < -0.4 is 10.6 Å². The zero-order valence-electron chi connectivity index (χ0n) is 10.8. The zero-order chi connectivity index (χ0) is 13.1. The van der Waals surface area contributed by atoms with E-state index in [1.807, 2.05) is 26.0 Å². The molecule has 96 valence electrons. The summed E-state index contributed by atoms with van der Waals surface area (Å²) in [4.78, 5) is 0. The summed E-state index contributed by atoms with van der Waals surface area (Å²) >= 11 is 5.03. The number of hydrogen-bond acceptors (Lipinski definition) is 2. The average Bonchev–Trinajstić information content (AvgIpc) is 2.38. The van der Waals surface area contributed by atoms with Gasteiger partial charge in [0.25, 0.3) is 0 Å². The van der Waals surface area contributed by atoms with Crippen LogP contribution in [-0.4, -0.2) is 23.4 Å². The molecule has 0 aliphatic heterocycles. The van der Waals surface area contributed by atoms with E-state index in [1.165, 1.54) is 11.1 Å². The molecule has 0 aromatic heterocycles. The Bertz CT molecular complexity index is 329. The quantitative estimate of drug-likeness (QED) is 0.719. The van der Waals surface area contributed by atoms with Crippen LogP contribution in [0.5, 0.6) is 0 Å². The van der Waals surface area contributed by atoms with Crippen LogP contribution in [0.1, 0.15) is 25.0 Å². The molecule has 0 unspecified atom stereocenters. The first-order valence-corrected chi connectivity index (χ1v) is 6.32. The summed E-state index contributed by atoms with van der Waals surface area (Å²) in [5.74, 6) is 0. The summed E-state index contributed by atoms with van der Waals surface area (Å²) < 4.78 is 0. The SMILES string of the molecule is CC.Cc1ccccc1CNC(=S)NCCO. The minimum absolute atomic E-state index is 0.0895. The molecule has 3 N–H and O–H groups in total. The molecule has 4 heteroatoms. The maximum Gasteiger partial charge on any atom is 0.166 e. The second kappa shape index (κ2) is 10.1. The van der Waals surface area contributed by atoms with Gasteiger partial charge in [-0.1, -0.05) is 38.1 Å². The maximum atomic E-state index is 8.59. The minimum Gasteiger partial charge on any atom is -0.395 e. The molecular weight excluding hydrogens is 232 g/mol. The van der Waals surface area contributed by atoms with E-state index < -0.39 is 0 Å². The number of hydrogen-bond donors (Lipinski definition) is 3. The van der Waals surface area contributed by atoms with E-state index >= 15 is 0 Å². The Hall–Kier alpha value is -1.13. The lowest BCUT2D eigenvalue weighted by atomic mass is 10.1. The molecule has 1 rings (SSSR count). The Morgan fingerprint density at radius 2 is 1.88 bits per heavy atom. The van der Waals surface area contributed by atoms with Gasteiger partial charge in [-0.15, -0.1) is 0 Å². The highest BCUT2D eigenvalue weighted by Gasteiger charge is 1.97. The van der Waals surface area contributed by atoms with Crippen LogP contribution in [-0.2, 0) is 6.54 Å². The monoisotopic (exact) mass is 254 g/mol. The summed E-state index contributed by atoms with van der Waals surface area (Å²) in [6.45, 7) is 7.36. The molecule has 0 spiro atoms. The van der Waals surface area contributed by atoms with Gasteiger partial charge < -0.3 is 15.7 Å². The van der Waals surface area contributed by atoms with Gasteiger partial charge in [-0.3, -0.25) is 0 Å². The van der Waals surface area contributed by atoms with Gasteiger partial charge in [0.15, 0.2) is 5.11 Å². The Labute approximate surface area is 109 Å². The summed E-state index contributed by atoms with van der Waals surface area (Å²) in [5, 5.41) is 15.1. The number of aryl methyl sites for hydroxylation is 1. The second-order valence-corrected chi connectivity index (χ2v) is 3.67. The first kappa shape index (κ1) is 15.9. The van der Waals surface area contributed by atoms with Gasteiger partial charge in [0, 0.05) is 13.1 Å². The molecule has 0 bridgehead atoms. The van der Waals surface area contributed by atoms with Gasteiger partial charge in [-0.2, -0.15) is 0 Å². The van der Waals surface area contributed by atoms with E-state index in [4.69, 9.17) is 17.3 Å². The molecule has 0 saturated heterocycles. The number of benzene rings is 1. The first-order chi connectivity index (χ1) is 8.24. The van der Waals surface area contributed by atoms with E-state index in [1.54, 1.807) is 0 Å². The van der Waals surface area contributed by atoms with Crippen molar-refractivity contribution in [2.45, 2.75) is 27.3 Å². The van der Waals surface area contributed by atoms with Gasteiger partial charge in [-0.25, -0.2) is 0 Å². The van der Waals surface area contributed by atoms with Crippen molar-refractivity contribution < 1.29 is 5.11 Å². The van der Waals surface area contributed by atoms with E-state index in [9.17, 15) is 0 Å². The Morgan fingerprint density at radius 3 is 2.47 bits per heavy atom. The molecule has 1 aromatic rings. The van der Waals surface area contributed by atoms with Gasteiger partial charge in [-0.05, 0) is 30.3 Å². The molecule has 0 aliphatic rings. The van der Waals surface area contributed by atoms with E-state index in [-0.39, 0.29) is 6.61 Å². The van der Waals surface area contributed by atoms with Gasteiger partial charge >= 0.3 is 0 Å². The summed E-state index contributed by atoms with van der Waals surface area (Å²) in [6, 6.07) is 8.16. The van der Waals surface area contributed by atoms with E-state index in [0.29, 0.717) is 18.2 Å². The molecule has 1 aromatic carbocycles. The Kier molecular flexibility index (Phi) is 9.38. The highest BCUT2D eigenvalue weighted by atomic mass is 32.1. The third-order valence-corrected chi connectivity index (χ3v) is 2.39. The third kappa shape index (κ3) is 6.92.